The van der Waals surface area contributed by atoms with Crippen molar-refractivity contribution in [2.75, 3.05) is 25.0 Å². The first-order chi connectivity index (χ1) is 24.3. The molecule has 2 amide bonds. The van der Waals surface area contributed by atoms with Gasteiger partial charge in [-0.25, -0.2) is 19.4 Å². The molecule has 1 saturated carbocycles. The van der Waals surface area contributed by atoms with Gasteiger partial charge in [-0.3, -0.25) is 9.52 Å². The molecule has 3 aromatic heterocycles. The number of carbonyl (C=O) groups is 2. The molecule has 52 heavy (non-hydrogen) atoms. The lowest BCUT2D eigenvalue weighted by Gasteiger charge is -2.33. The third-order valence-electron chi connectivity index (χ3n) is 9.02. The van der Waals surface area contributed by atoms with E-state index in [1.54, 1.807) is 6.07 Å². The Kier molecular flexibility index (Phi) is 11.9. The number of aliphatic hydroxyl groups excluding tert-OH is 1. The van der Waals surface area contributed by atoms with Crippen LogP contribution in [0, 0.1) is 11.3 Å². The van der Waals surface area contributed by atoms with E-state index in [-0.39, 0.29) is 53.5 Å². The van der Waals surface area contributed by atoms with Crippen LogP contribution in [0.25, 0.3) is 5.82 Å². The molecule has 3 N–H and O–H groups in total. The number of likely N-dealkylation sites (tertiary alicyclic amines) is 1. The molecule has 0 spiro atoms. The molecule has 0 aromatic carbocycles. The van der Waals surface area contributed by atoms with Gasteiger partial charge in [0.05, 0.1) is 17.1 Å². The lowest BCUT2D eigenvalue weighted by molar-refractivity contribution is -0.195. The largest absolute Gasteiger partial charge is 0.474 e. The van der Waals surface area contributed by atoms with Crippen molar-refractivity contribution in [3.05, 3.63) is 53.3 Å². The first-order valence-corrected chi connectivity index (χ1v) is 18.3. The van der Waals surface area contributed by atoms with Gasteiger partial charge in [0.1, 0.15) is 28.2 Å². The second kappa shape index (κ2) is 15.7. The quantitative estimate of drug-likeness (QED) is 0.0860. The minimum absolute atomic E-state index is 0.00413. The number of halogens is 4. The van der Waals surface area contributed by atoms with E-state index in [4.69, 9.17) is 21.1 Å². The summed E-state index contributed by atoms with van der Waals surface area (Å²) in [5.74, 6) is 0.908. The van der Waals surface area contributed by atoms with Crippen molar-refractivity contribution in [2.24, 2.45) is 11.3 Å². The van der Waals surface area contributed by atoms with Crippen molar-refractivity contribution < 1.29 is 37.3 Å². The molecule has 17 heteroatoms. The summed E-state index contributed by atoms with van der Waals surface area (Å²) in [7, 11) is 0. The first-order valence-electron chi connectivity index (χ1n) is 17.1. The Morgan fingerprint density at radius 2 is 1.88 bits per heavy atom. The van der Waals surface area contributed by atoms with Gasteiger partial charge >= 0.3 is 12.3 Å². The Balaban J connectivity index is 1.05. The van der Waals surface area contributed by atoms with Gasteiger partial charge in [0.15, 0.2) is 5.82 Å². The molecule has 0 bridgehead atoms. The van der Waals surface area contributed by atoms with Crippen LogP contribution < -0.4 is 14.8 Å². The summed E-state index contributed by atoms with van der Waals surface area (Å²) < 4.78 is 54.6. The van der Waals surface area contributed by atoms with E-state index in [9.17, 15) is 27.9 Å². The SMILES string of the molecule is CC(C)(C)OC(=O)N1CC(CCCNc2cccc(SNC(=O)c3ccc(-n4ccc(OCC(O)CC5(C(F)(F)F)CC5)n4)nc3Cl)n2)CC1(C)C. The topological polar surface area (TPSA) is 144 Å². The van der Waals surface area contributed by atoms with E-state index < -0.39 is 35.6 Å². The normalized spacial score (nSPS) is 18.5. The van der Waals surface area contributed by atoms with Gasteiger partial charge in [0.25, 0.3) is 5.91 Å². The average Bonchev–Trinajstić information content (AvgIpc) is 3.57. The van der Waals surface area contributed by atoms with Gasteiger partial charge in [-0.2, -0.15) is 13.2 Å². The Labute approximate surface area is 310 Å². The number of carbonyl (C=O) groups excluding carboxylic acids is 2. The maximum absolute atomic E-state index is 13.2. The van der Waals surface area contributed by atoms with Gasteiger partial charge in [0, 0.05) is 42.8 Å². The van der Waals surface area contributed by atoms with Crippen LogP contribution in [-0.2, 0) is 4.74 Å². The fourth-order valence-electron chi connectivity index (χ4n) is 6.23. The summed E-state index contributed by atoms with van der Waals surface area (Å²) in [6, 6.07) is 9.94. The zero-order valence-electron chi connectivity index (χ0n) is 29.8. The molecule has 2 atom stereocenters. The number of rotatable bonds is 14. The van der Waals surface area contributed by atoms with Gasteiger partial charge in [0.2, 0.25) is 5.88 Å². The monoisotopic (exact) mass is 767 g/mol. The number of aromatic nitrogens is 4. The van der Waals surface area contributed by atoms with Gasteiger partial charge in [-0.15, -0.1) is 5.10 Å². The van der Waals surface area contributed by atoms with Gasteiger partial charge < -0.3 is 24.8 Å². The van der Waals surface area contributed by atoms with Crippen molar-refractivity contribution in [1.29, 1.82) is 0 Å². The van der Waals surface area contributed by atoms with Crippen LogP contribution in [-0.4, -0.2) is 84.9 Å². The molecule has 5 rings (SSSR count). The minimum Gasteiger partial charge on any atom is -0.474 e. The molecule has 0 radical (unpaired) electrons. The highest BCUT2D eigenvalue weighted by molar-refractivity contribution is 7.97. The van der Waals surface area contributed by atoms with E-state index in [0.29, 0.717) is 29.9 Å². The number of pyridine rings is 2. The number of anilines is 1. The number of nitrogens with one attached hydrogen (secondary N) is 2. The number of amides is 2. The summed E-state index contributed by atoms with van der Waals surface area (Å²) in [6.07, 6.45) is -2.09. The van der Waals surface area contributed by atoms with Crippen LogP contribution in [0.3, 0.4) is 0 Å². The number of hydrogen-bond donors (Lipinski definition) is 3. The summed E-state index contributed by atoms with van der Waals surface area (Å²) >= 11 is 7.38. The predicted octanol–water partition coefficient (Wildman–Crippen LogP) is 7.45. The van der Waals surface area contributed by atoms with Crippen molar-refractivity contribution in [3.63, 3.8) is 0 Å². The summed E-state index contributed by atoms with van der Waals surface area (Å²) in [5.41, 5.74) is -2.51. The molecule has 4 heterocycles. The molecular formula is C35H45ClF3N7O5S. The molecule has 12 nitrogen and oxygen atoms in total. The van der Waals surface area contributed by atoms with E-state index >= 15 is 0 Å². The Morgan fingerprint density at radius 3 is 2.56 bits per heavy atom. The van der Waals surface area contributed by atoms with Crippen molar-refractivity contribution in [1.82, 2.24) is 29.4 Å². The molecule has 2 fully saturated rings. The maximum Gasteiger partial charge on any atom is 0.410 e. The third kappa shape index (κ3) is 10.2. The van der Waals surface area contributed by atoms with Crippen LogP contribution in [0.2, 0.25) is 5.15 Å². The maximum atomic E-state index is 13.2. The number of aliphatic hydroxyl groups is 1. The van der Waals surface area contributed by atoms with Crippen LogP contribution in [0.4, 0.5) is 23.8 Å². The zero-order chi connectivity index (χ0) is 37.9. The highest BCUT2D eigenvalue weighted by atomic mass is 35.5. The van der Waals surface area contributed by atoms with E-state index in [2.05, 4.69) is 39.0 Å². The number of ether oxygens (including phenoxy) is 2. The summed E-state index contributed by atoms with van der Waals surface area (Å²) in [6.45, 7) is 10.8. The fourth-order valence-corrected chi connectivity index (χ4v) is 7.06. The summed E-state index contributed by atoms with van der Waals surface area (Å²) in [5, 5.41) is 18.1. The molecular weight excluding hydrogens is 723 g/mol. The van der Waals surface area contributed by atoms with Gasteiger partial charge in [-0.05, 0) is 103 Å². The minimum atomic E-state index is -4.35. The lowest BCUT2D eigenvalue weighted by atomic mass is 9.93. The smallest absolute Gasteiger partial charge is 0.410 e. The molecule has 284 valence electrons. The number of alkyl halides is 3. The molecule has 1 saturated heterocycles. The molecule has 2 unspecified atom stereocenters. The second-order valence-electron chi connectivity index (χ2n) is 15.0. The van der Waals surface area contributed by atoms with Crippen LogP contribution in [0.15, 0.2) is 47.6 Å². The molecule has 2 aliphatic rings. The Morgan fingerprint density at radius 1 is 1.13 bits per heavy atom. The lowest BCUT2D eigenvalue weighted by Crippen LogP contribution is -2.45. The average molecular weight is 768 g/mol. The van der Waals surface area contributed by atoms with E-state index in [1.165, 1.54) is 29.1 Å². The van der Waals surface area contributed by atoms with Crippen molar-refractivity contribution in [3.8, 4) is 11.7 Å². The predicted molar refractivity (Wildman–Crippen MR) is 191 cm³/mol. The van der Waals surface area contributed by atoms with Crippen molar-refractivity contribution >= 4 is 41.4 Å². The van der Waals surface area contributed by atoms with Gasteiger partial charge in [-0.1, -0.05) is 17.7 Å². The Bertz CT molecular complexity index is 1730. The second-order valence-corrected chi connectivity index (χ2v) is 16.2. The fraction of sp³-hybridized carbons (Fsp3) is 0.571. The highest BCUT2D eigenvalue weighted by Gasteiger charge is 2.63. The molecule has 1 aliphatic heterocycles. The standard InChI is InChI=1S/C35H45ClF3N7O5S/c1-32(2,3)51-31(49)45-20-22(18-33(45,4)5)8-7-16-40-25-9-6-10-28(41-25)52-44-30(48)24-11-12-26(42-29(24)36)46-17-13-27(43-46)50-21-23(47)19-34(14-15-34)35(37,38)39/h6,9-13,17,22-23,47H,7-8,14-16,18-21H2,1-5H3,(H,40,41)(H,44,48). The van der Waals surface area contributed by atoms with E-state index in [0.717, 1.165) is 31.2 Å². The summed E-state index contributed by atoms with van der Waals surface area (Å²) in [4.78, 5) is 36.3. The molecule has 3 aromatic rings. The number of nitrogens with zero attached hydrogens (tertiary/aromatic N) is 5. The van der Waals surface area contributed by atoms with Crippen LogP contribution in [0.5, 0.6) is 5.88 Å². The first kappa shape index (κ1) is 39.4. The highest BCUT2D eigenvalue weighted by Crippen LogP contribution is 2.60. The number of hydrogen-bond acceptors (Lipinski definition) is 10. The Hall–Kier alpha value is -3.76. The van der Waals surface area contributed by atoms with Crippen molar-refractivity contribution in [2.45, 2.75) is 102 Å². The van der Waals surface area contributed by atoms with Crippen LogP contribution in [0.1, 0.15) is 83.5 Å². The molecule has 1 aliphatic carbocycles. The zero-order valence-corrected chi connectivity index (χ0v) is 31.4. The van der Waals surface area contributed by atoms with E-state index in [1.807, 2.05) is 37.8 Å². The third-order valence-corrected chi connectivity index (χ3v) is 10.0. The van der Waals surface area contributed by atoms with Crippen LogP contribution >= 0.6 is 23.5 Å².